The van der Waals surface area contributed by atoms with Crippen LogP contribution in [0.15, 0.2) is 18.2 Å². The molecular formula is C7H3ClKNO4. The second-order valence-electron chi connectivity index (χ2n) is 2.21. The second kappa shape index (κ2) is 5.79. The zero-order chi connectivity index (χ0) is 10.0. The van der Waals surface area contributed by atoms with Crippen molar-refractivity contribution in [2.75, 3.05) is 0 Å². The van der Waals surface area contributed by atoms with Crippen LogP contribution in [0, 0.1) is 10.1 Å². The monoisotopic (exact) mass is 239 g/mol. The predicted molar refractivity (Wildman–Crippen MR) is 42.4 cm³/mol. The molecule has 1 rings (SSSR count). The van der Waals surface area contributed by atoms with E-state index in [1.165, 1.54) is 0 Å². The fourth-order valence-corrected chi connectivity index (χ4v) is 0.978. The third kappa shape index (κ3) is 3.30. The number of non-ortho nitro benzene ring substituents is 1. The predicted octanol–water partition coefficient (Wildman–Crippen LogP) is -2.38. The van der Waals surface area contributed by atoms with Crippen LogP contribution < -0.4 is 56.5 Å². The third-order valence-corrected chi connectivity index (χ3v) is 1.71. The topological polar surface area (TPSA) is 83.3 Å². The van der Waals surface area contributed by atoms with Crippen molar-refractivity contribution in [3.63, 3.8) is 0 Å². The molecule has 0 heterocycles. The Morgan fingerprint density at radius 1 is 1.43 bits per heavy atom. The van der Waals surface area contributed by atoms with E-state index < -0.39 is 10.9 Å². The van der Waals surface area contributed by atoms with Gasteiger partial charge in [-0.2, -0.15) is 0 Å². The van der Waals surface area contributed by atoms with Gasteiger partial charge in [0.1, 0.15) is 0 Å². The van der Waals surface area contributed by atoms with Gasteiger partial charge < -0.3 is 9.90 Å². The average molecular weight is 240 g/mol. The maximum atomic E-state index is 10.4. The summed E-state index contributed by atoms with van der Waals surface area (Å²) in [6.07, 6.45) is 0. The van der Waals surface area contributed by atoms with Gasteiger partial charge in [-0.1, -0.05) is 11.6 Å². The minimum absolute atomic E-state index is 0. The summed E-state index contributed by atoms with van der Waals surface area (Å²) in [6, 6.07) is 3.12. The molecule has 0 spiro atoms. The summed E-state index contributed by atoms with van der Waals surface area (Å²) in [4.78, 5) is 19.9. The summed E-state index contributed by atoms with van der Waals surface area (Å²) < 4.78 is 0. The van der Waals surface area contributed by atoms with Gasteiger partial charge in [-0.3, -0.25) is 10.1 Å². The van der Waals surface area contributed by atoms with E-state index in [2.05, 4.69) is 0 Å². The first-order valence-electron chi connectivity index (χ1n) is 3.17. The number of carboxylic acid groups (broad SMARTS) is 1. The van der Waals surface area contributed by atoms with Gasteiger partial charge in [0.05, 0.1) is 15.9 Å². The Kier molecular flexibility index (Phi) is 5.80. The first kappa shape index (κ1) is 14.0. The van der Waals surface area contributed by atoms with Gasteiger partial charge >= 0.3 is 51.4 Å². The number of carboxylic acids is 1. The van der Waals surface area contributed by atoms with E-state index in [1.54, 1.807) is 0 Å². The molecule has 14 heavy (non-hydrogen) atoms. The van der Waals surface area contributed by atoms with Crippen molar-refractivity contribution in [3.05, 3.63) is 38.9 Å². The summed E-state index contributed by atoms with van der Waals surface area (Å²) in [7, 11) is 0. The third-order valence-electron chi connectivity index (χ3n) is 1.38. The molecule has 7 heteroatoms. The molecule has 1 aromatic carbocycles. The van der Waals surface area contributed by atoms with Gasteiger partial charge in [0.25, 0.3) is 5.69 Å². The van der Waals surface area contributed by atoms with E-state index in [-0.39, 0.29) is 67.7 Å². The number of nitro groups is 1. The minimum Gasteiger partial charge on any atom is -0.545 e. The molecule has 0 aliphatic heterocycles. The largest absolute Gasteiger partial charge is 1.00 e. The van der Waals surface area contributed by atoms with Crippen LogP contribution in [0.3, 0.4) is 0 Å². The van der Waals surface area contributed by atoms with Crippen LogP contribution in [0.25, 0.3) is 0 Å². The summed E-state index contributed by atoms with van der Waals surface area (Å²) in [5, 5.41) is 20.5. The van der Waals surface area contributed by atoms with E-state index in [9.17, 15) is 20.0 Å². The van der Waals surface area contributed by atoms with Crippen LogP contribution in [0.4, 0.5) is 5.69 Å². The molecule has 0 aliphatic rings. The Hall–Kier alpha value is 0.0164. The van der Waals surface area contributed by atoms with Gasteiger partial charge in [0.2, 0.25) is 0 Å². The van der Waals surface area contributed by atoms with E-state index in [0.717, 1.165) is 18.2 Å². The minimum atomic E-state index is -1.53. The maximum Gasteiger partial charge on any atom is 1.00 e. The Bertz CT molecular complexity index is 382. The summed E-state index contributed by atoms with van der Waals surface area (Å²) >= 11 is 5.45. The van der Waals surface area contributed by atoms with Gasteiger partial charge in [0.15, 0.2) is 0 Å². The van der Waals surface area contributed by atoms with Crippen molar-refractivity contribution in [2.45, 2.75) is 0 Å². The Morgan fingerprint density at radius 2 is 2.00 bits per heavy atom. The molecule has 1 aromatic rings. The van der Waals surface area contributed by atoms with Crippen molar-refractivity contribution >= 4 is 23.3 Å². The zero-order valence-electron chi connectivity index (χ0n) is 7.19. The molecule has 0 atom stereocenters. The van der Waals surface area contributed by atoms with Crippen LogP contribution in [0.1, 0.15) is 10.4 Å². The number of hydrogen-bond donors (Lipinski definition) is 0. The first-order chi connectivity index (χ1) is 6.02. The van der Waals surface area contributed by atoms with Crippen molar-refractivity contribution in [2.24, 2.45) is 0 Å². The van der Waals surface area contributed by atoms with E-state index in [1.807, 2.05) is 0 Å². The number of nitro benzene ring substituents is 1. The van der Waals surface area contributed by atoms with Crippen molar-refractivity contribution in [1.29, 1.82) is 0 Å². The molecule has 68 valence electrons. The summed E-state index contributed by atoms with van der Waals surface area (Å²) in [5.41, 5.74) is -0.709. The number of hydrogen-bond acceptors (Lipinski definition) is 4. The molecule has 0 amide bonds. The summed E-state index contributed by atoms with van der Waals surface area (Å²) in [5.74, 6) is -1.53. The van der Waals surface area contributed by atoms with Crippen LogP contribution in [0.2, 0.25) is 5.02 Å². The molecular weight excluding hydrogens is 237 g/mol. The smallest absolute Gasteiger partial charge is 0.545 e. The van der Waals surface area contributed by atoms with Gasteiger partial charge in [-0.15, -0.1) is 0 Å². The molecule has 0 saturated carbocycles. The SMILES string of the molecule is O=C([O-])c1cc([N+](=O)[O-])ccc1Cl.[K+]. The van der Waals surface area contributed by atoms with E-state index in [0.29, 0.717) is 0 Å². The molecule has 0 aromatic heterocycles. The standard InChI is InChI=1S/C7H4ClNO4.K/c8-6-2-1-4(9(12)13)3-5(6)7(10)11;/h1-3H,(H,10,11);/q;+1/p-1. The van der Waals surface area contributed by atoms with Crippen LogP contribution >= 0.6 is 11.6 Å². The number of nitrogens with zero attached hydrogens (tertiary/aromatic N) is 1. The Balaban J connectivity index is 0.00000169. The molecule has 0 unspecified atom stereocenters. The number of halogens is 1. The number of carbonyl (C=O) groups is 1. The van der Waals surface area contributed by atoms with Crippen molar-refractivity contribution in [1.82, 2.24) is 0 Å². The van der Waals surface area contributed by atoms with Crippen LogP contribution in [-0.4, -0.2) is 10.9 Å². The summed E-state index contributed by atoms with van der Waals surface area (Å²) in [6.45, 7) is 0. The van der Waals surface area contributed by atoms with Gasteiger partial charge in [-0.05, 0) is 6.07 Å². The molecule has 0 aliphatic carbocycles. The molecule has 0 fully saturated rings. The molecule has 0 bridgehead atoms. The van der Waals surface area contributed by atoms with E-state index >= 15 is 0 Å². The van der Waals surface area contributed by atoms with E-state index in [4.69, 9.17) is 11.6 Å². The molecule has 0 N–H and O–H groups in total. The number of rotatable bonds is 2. The molecule has 0 radical (unpaired) electrons. The fourth-order valence-electron chi connectivity index (χ4n) is 0.783. The zero-order valence-corrected chi connectivity index (χ0v) is 11.1. The fraction of sp³-hybridized carbons (Fsp3) is 0. The molecule has 0 saturated heterocycles. The van der Waals surface area contributed by atoms with Crippen LogP contribution in [-0.2, 0) is 0 Å². The number of aromatic carboxylic acids is 1. The normalized spacial score (nSPS) is 8.93. The number of benzene rings is 1. The Labute approximate surface area is 127 Å². The van der Waals surface area contributed by atoms with Gasteiger partial charge in [0, 0.05) is 17.7 Å². The number of carbonyl (C=O) groups excluding carboxylic acids is 1. The molecule has 5 nitrogen and oxygen atoms in total. The average Bonchev–Trinajstić information content (AvgIpc) is 2.04. The van der Waals surface area contributed by atoms with Crippen LogP contribution in [0.5, 0.6) is 0 Å². The first-order valence-corrected chi connectivity index (χ1v) is 3.55. The van der Waals surface area contributed by atoms with Crippen molar-refractivity contribution < 1.29 is 66.2 Å². The maximum absolute atomic E-state index is 10.4. The van der Waals surface area contributed by atoms with Gasteiger partial charge in [-0.25, -0.2) is 0 Å². The quantitative estimate of drug-likeness (QED) is 0.328. The second-order valence-corrected chi connectivity index (χ2v) is 2.62. The van der Waals surface area contributed by atoms with Crippen molar-refractivity contribution in [3.8, 4) is 0 Å². The Morgan fingerprint density at radius 3 is 2.43 bits per heavy atom.